The van der Waals surface area contributed by atoms with Crippen molar-refractivity contribution >= 4 is 46.1 Å². The lowest BCUT2D eigenvalue weighted by Crippen LogP contribution is -2.12. The number of nitrogens with one attached hydrogen (secondary N) is 2. The zero-order chi connectivity index (χ0) is 20.1. The van der Waals surface area contributed by atoms with Crippen molar-refractivity contribution in [1.82, 2.24) is 0 Å². The van der Waals surface area contributed by atoms with Gasteiger partial charge in [-0.05, 0) is 36.8 Å². The highest BCUT2D eigenvalue weighted by Gasteiger charge is 2.19. The molecular formula is C21H19ClN2O3S. The molecule has 0 unspecified atom stereocenters. The lowest BCUT2D eigenvalue weighted by atomic mass is 10.2. The molecule has 5 nitrogen and oxygen atoms in total. The zero-order valence-corrected chi connectivity index (χ0v) is 17.0. The van der Waals surface area contributed by atoms with Crippen LogP contribution >= 0.6 is 22.9 Å². The maximum atomic E-state index is 12.9. The highest BCUT2D eigenvalue weighted by atomic mass is 35.5. The van der Waals surface area contributed by atoms with E-state index in [0.29, 0.717) is 33.6 Å². The molecule has 0 spiro atoms. The Balaban J connectivity index is 1.86. The Hall–Kier alpha value is -2.83. The summed E-state index contributed by atoms with van der Waals surface area (Å²) in [5, 5.41) is 5.80. The van der Waals surface area contributed by atoms with Gasteiger partial charge in [0.2, 0.25) is 5.91 Å². The van der Waals surface area contributed by atoms with Crippen LogP contribution in [0.25, 0.3) is 10.4 Å². The fourth-order valence-electron chi connectivity index (χ4n) is 2.62. The molecule has 1 heterocycles. The third-order valence-corrected chi connectivity index (χ3v) is 5.28. The average molecular weight is 415 g/mol. The summed E-state index contributed by atoms with van der Waals surface area (Å²) in [6, 6.07) is 16.6. The first kappa shape index (κ1) is 19.9. The minimum absolute atomic E-state index is 0.193. The summed E-state index contributed by atoms with van der Waals surface area (Å²) in [5.74, 6) is 0.0425. The van der Waals surface area contributed by atoms with Gasteiger partial charge in [-0.2, -0.15) is 0 Å². The van der Waals surface area contributed by atoms with Crippen LogP contribution in [0.4, 0.5) is 11.4 Å². The molecular weight excluding hydrogens is 396 g/mol. The predicted octanol–water partition coefficient (Wildman–Crippen LogP) is 5.68. The number of carbonyl (C=O) groups is 2. The molecule has 2 amide bonds. The van der Waals surface area contributed by atoms with E-state index in [2.05, 4.69) is 10.6 Å². The van der Waals surface area contributed by atoms with E-state index in [1.54, 1.807) is 18.2 Å². The third kappa shape index (κ3) is 4.71. The van der Waals surface area contributed by atoms with Crippen LogP contribution in [0.1, 0.15) is 23.5 Å². The van der Waals surface area contributed by atoms with Gasteiger partial charge in [-0.15, -0.1) is 11.3 Å². The summed E-state index contributed by atoms with van der Waals surface area (Å²) in [5.41, 5.74) is 2.04. The van der Waals surface area contributed by atoms with Crippen molar-refractivity contribution in [3.8, 4) is 16.2 Å². The van der Waals surface area contributed by atoms with Crippen LogP contribution in [-0.4, -0.2) is 18.4 Å². The number of ether oxygens (including phenoxy) is 1. The maximum absolute atomic E-state index is 12.9. The fourth-order valence-corrected chi connectivity index (χ4v) is 3.85. The van der Waals surface area contributed by atoms with Gasteiger partial charge in [-0.3, -0.25) is 9.59 Å². The van der Waals surface area contributed by atoms with Gasteiger partial charge in [-0.1, -0.05) is 41.9 Å². The molecule has 3 rings (SSSR count). The van der Waals surface area contributed by atoms with Gasteiger partial charge in [0.25, 0.3) is 5.91 Å². The number of thiophene rings is 1. The molecule has 0 aliphatic rings. The van der Waals surface area contributed by atoms with Crippen molar-refractivity contribution in [2.24, 2.45) is 0 Å². The van der Waals surface area contributed by atoms with E-state index in [-0.39, 0.29) is 11.8 Å². The lowest BCUT2D eigenvalue weighted by Gasteiger charge is -2.10. The molecule has 3 aromatic rings. The molecule has 28 heavy (non-hydrogen) atoms. The number of hydrogen-bond donors (Lipinski definition) is 2. The molecule has 0 saturated carbocycles. The van der Waals surface area contributed by atoms with E-state index in [0.717, 1.165) is 10.4 Å². The maximum Gasteiger partial charge on any atom is 0.269 e. The monoisotopic (exact) mass is 414 g/mol. The van der Waals surface area contributed by atoms with Crippen LogP contribution in [-0.2, 0) is 4.79 Å². The van der Waals surface area contributed by atoms with Crippen molar-refractivity contribution in [2.45, 2.75) is 13.8 Å². The molecule has 0 fully saturated rings. The molecule has 0 aliphatic heterocycles. The molecule has 144 valence electrons. The van der Waals surface area contributed by atoms with E-state index in [4.69, 9.17) is 16.3 Å². The fraction of sp³-hybridized carbons (Fsp3) is 0.143. The zero-order valence-electron chi connectivity index (χ0n) is 15.4. The van der Waals surface area contributed by atoms with Gasteiger partial charge < -0.3 is 15.4 Å². The van der Waals surface area contributed by atoms with E-state index in [1.165, 1.54) is 18.3 Å². The Labute approximate surface area is 172 Å². The first-order valence-corrected chi connectivity index (χ1v) is 9.88. The van der Waals surface area contributed by atoms with Gasteiger partial charge in [0, 0.05) is 17.5 Å². The summed E-state index contributed by atoms with van der Waals surface area (Å²) < 4.78 is 5.66. The van der Waals surface area contributed by atoms with Gasteiger partial charge in [0.05, 0.1) is 17.3 Å². The summed E-state index contributed by atoms with van der Waals surface area (Å²) in [6.45, 7) is 3.75. The molecule has 0 bridgehead atoms. The largest absolute Gasteiger partial charge is 0.492 e. The molecule has 2 aromatic carbocycles. The summed E-state index contributed by atoms with van der Waals surface area (Å²) in [4.78, 5) is 25.4. The van der Waals surface area contributed by atoms with Crippen LogP contribution in [0.2, 0.25) is 5.02 Å². The van der Waals surface area contributed by atoms with Crippen molar-refractivity contribution in [3.63, 3.8) is 0 Å². The Kier molecular flexibility index (Phi) is 6.34. The van der Waals surface area contributed by atoms with Gasteiger partial charge in [0.15, 0.2) is 0 Å². The van der Waals surface area contributed by atoms with Crippen molar-refractivity contribution in [3.05, 3.63) is 64.5 Å². The Bertz CT molecular complexity index is 1000. The molecule has 0 aliphatic carbocycles. The Morgan fingerprint density at radius 1 is 1.07 bits per heavy atom. The molecule has 0 saturated heterocycles. The quantitative estimate of drug-likeness (QED) is 0.545. The van der Waals surface area contributed by atoms with Crippen molar-refractivity contribution in [1.29, 1.82) is 0 Å². The number of hydrogen-bond acceptors (Lipinski definition) is 4. The SMILES string of the molecule is CCOc1cc(-c2ccccc2)sc1C(=O)Nc1ccc(NC(C)=O)cc1Cl. The van der Waals surface area contributed by atoms with Gasteiger partial charge in [-0.25, -0.2) is 0 Å². The van der Waals surface area contributed by atoms with Crippen molar-refractivity contribution in [2.75, 3.05) is 17.2 Å². The van der Waals surface area contributed by atoms with Gasteiger partial charge in [0.1, 0.15) is 10.6 Å². The topological polar surface area (TPSA) is 67.4 Å². The number of benzene rings is 2. The van der Waals surface area contributed by atoms with Crippen LogP contribution < -0.4 is 15.4 Å². The highest BCUT2D eigenvalue weighted by molar-refractivity contribution is 7.17. The molecule has 0 atom stereocenters. The summed E-state index contributed by atoms with van der Waals surface area (Å²) in [6.07, 6.45) is 0. The first-order valence-electron chi connectivity index (χ1n) is 8.68. The predicted molar refractivity (Wildman–Crippen MR) is 115 cm³/mol. The van der Waals surface area contributed by atoms with E-state index >= 15 is 0 Å². The third-order valence-electron chi connectivity index (χ3n) is 3.80. The Morgan fingerprint density at radius 2 is 1.82 bits per heavy atom. The molecule has 2 N–H and O–H groups in total. The van der Waals surface area contributed by atoms with Crippen LogP contribution in [0.3, 0.4) is 0 Å². The summed E-state index contributed by atoms with van der Waals surface area (Å²) >= 11 is 7.61. The van der Waals surface area contributed by atoms with Crippen LogP contribution in [0.5, 0.6) is 5.75 Å². The highest BCUT2D eigenvalue weighted by Crippen LogP contribution is 2.37. The second kappa shape index (κ2) is 8.91. The van der Waals surface area contributed by atoms with E-state index in [1.807, 2.05) is 43.3 Å². The standard InChI is InChI=1S/C21H19ClN2O3S/c1-3-27-18-12-19(14-7-5-4-6-8-14)28-20(18)21(26)24-17-10-9-15(11-16(17)22)23-13(2)25/h4-12H,3H2,1-2H3,(H,23,25)(H,24,26). The molecule has 0 radical (unpaired) electrons. The van der Waals surface area contributed by atoms with E-state index in [9.17, 15) is 9.59 Å². The normalized spacial score (nSPS) is 10.4. The number of halogens is 1. The van der Waals surface area contributed by atoms with Crippen LogP contribution in [0, 0.1) is 0 Å². The molecule has 1 aromatic heterocycles. The average Bonchev–Trinajstić information content (AvgIpc) is 3.09. The first-order chi connectivity index (χ1) is 13.5. The lowest BCUT2D eigenvalue weighted by molar-refractivity contribution is -0.114. The molecule has 7 heteroatoms. The minimum Gasteiger partial charge on any atom is -0.492 e. The minimum atomic E-state index is -0.301. The number of anilines is 2. The summed E-state index contributed by atoms with van der Waals surface area (Å²) in [7, 11) is 0. The number of carbonyl (C=O) groups excluding carboxylic acids is 2. The van der Waals surface area contributed by atoms with Crippen molar-refractivity contribution < 1.29 is 14.3 Å². The second-order valence-electron chi connectivity index (χ2n) is 5.93. The van der Waals surface area contributed by atoms with Gasteiger partial charge >= 0.3 is 0 Å². The van der Waals surface area contributed by atoms with Crippen LogP contribution in [0.15, 0.2) is 54.6 Å². The second-order valence-corrected chi connectivity index (χ2v) is 7.39. The smallest absolute Gasteiger partial charge is 0.269 e. The van der Waals surface area contributed by atoms with E-state index < -0.39 is 0 Å². The Morgan fingerprint density at radius 3 is 2.46 bits per heavy atom. The number of rotatable bonds is 6. The number of amides is 2.